The van der Waals surface area contributed by atoms with Crippen molar-refractivity contribution in [1.82, 2.24) is 10.2 Å². The third-order valence-corrected chi connectivity index (χ3v) is 8.79. The summed E-state index contributed by atoms with van der Waals surface area (Å²) in [5, 5.41) is 3.49. The standard InChI is InChI=1S/C29H33Cl2N3O4S/c1-5-16-32-29(36)22(4)33(18-23-10-15-26(30)27(31)17-23)28(35)19-34(24-11-6-20(2)7-12-24)39(37,38)25-13-8-21(3)9-14-25/h6-15,17,22H,5,16,18-19H2,1-4H3,(H,32,36). The molecule has 10 heteroatoms. The number of carbonyl (C=O) groups excluding carboxylic acids is 2. The summed E-state index contributed by atoms with van der Waals surface area (Å²) in [4.78, 5) is 28.2. The molecule has 0 aliphatic carbocycles. The number of hydrogen-bond acceptors (Lipinski definition) is 4. The van der Waals surface area contributed by atoms with Crippen LogP contribution in [0.1, 0.15) is 37.0 Å². The highest BCUT2D eigenvalue weighted by Gasteiger charge is 2.32. The molecule has 3 aromatic carbocycles. The van der Waals surface area contributed by atoms with Gasteiger partial charge in [0.2, 0.25) is 11.8 Å². The maximum atomic E-state index is 13.9. The molecule has 1 atom stereocenters. The fourth-order valence-corrected chi connectivity index (χ4v) is 5.63. The van der Waals surface area contributed by atoms with E-state index in [1.54, 1.807) is 61.5 Å². The minimum atomic E-state index is -4.11. The number of carbonyl (C=O) groups is 2. The Kier molecular flexibility index (Phi) is 10.4. The highest BCUT2D eigenvalue weighted by Crippen LogP contribution is 2.26. The Bertz CT molecular complexity index is 1410. The molecule has 0 heterocycles. The molecule has 1 unspecified atom stereocenters. The fraction of sp³-hybridized carbons (Fsp3) is 0.310. The van der Waals surface area contributed by atoms with Crippen molar-refractivity contribution in [3.63, 3.8) is 0 Å². The lowest BCUT2D eigenvalue weighted by Crippen LogP contribution is -2.51. The number of halogens is 2. The molecule has 0 aliphatic rings. The Hall–Kier alpha value is -3.07. The predicted molar refractivity (Wildman–Crippen MR) is 157 cm³/mol. The quantitative estimate of drug-likeness (QED) is 0.308. The van der Waals surface area contributed by atoms with E-state index in [0.717, 1.165) is 21.9 Å². The number of anilines is 1. The van der Waals surface area contributed by atoms with Crippen molar-refractivity contribution >= 4 is 50.7 Å². The highest BCUT2D eigenvalue weighted by atomic mass is 35.5. The molecule has 3 rings (SSSR count). The minimum absolute atomic E-state index is 0.0305. The van der Waals surface area contributed by atoms with Crippen LogP contribution >= 0.6 is 23.2 Å². The molecule has 7 nitrogen and oxygen atoms in total. The summed E-state index contributed by atoms with van der Waals surface area (Å²) in [6.07, 6.45) is 0.731. The van der Waals surface area contributed by atoms with Gasteiger partial charge in [-0.25, -0.2) is 8.42 Å². The summed E-state index contributed by atoms with van der Waals surface area (Å²) >= 11 is 12.3. The zero-order valence-electron chi connectivity index (χ0n) is 22.4. The molecular weight excluding hydrogens is 557 g/mol. The first kappa shape index (κ1) is 30.5. The molecule has 2 amide bonds. The summed E-state index contributed by atoms with van der Waals surface area (Å²) in [5.74, 6) is -0.884. The summed E-state index contributed by atoms with van der Waals surface area (Å²) in [7, 11) is -4.11. The van der Waals surface area contributed by atoms with Gasteiger partial charge in [-0.2, -0.15) is 0 Å². The van der Waals surface area contributed by atoms with Crippen LogP contribution in [0.15, 0.2) is 71.6 Å². The van der Waals surface area contributed by atoms with Gasteiger partial charge < -0.3 is 10.2 Å². The first-order valence-corrected chi connectivity index (χ1v) is 14.8. The van der Waals surface area contributed by atoms with Crippen LogP contribution in [-0.4, -0.2) is 44.3 Å². The van der Waals surface area contributed by atoms with Gasteiger partial charge in [0.25, 0.3) is 10.0 Å². The van der Waals surface area contributed by atoms with Crippen molar-refractivity contribution in [2.75, 3.05) is 17.4 Å². The summed E-state index contributed by atoms with van der Waals surface area (Å²) in [6, 6.07) is 17.4. The second-order valence-electron chi connectivity index (χ2n) is 9.40. The Balaban J connectivity index is 2.02. The van der Waals surface area contributed by atoms with Crippen molar-refractivity contribution in [3.05, 3.63) is 93.5 Å². The van der Waals surface area contributed by atoms with Crippen LogP contribution in [0.2, 0.25) is 10.0 Å². The van der Waals surface area contributed by atoms with E-state index < -0.39 is 28.5 Å². The van der Waals surface area contributed by atoms with E-state index in [-0.39, 0.29) is 17.3 Å². The van der Waals surface area contributed by atoms with Gasteiger partial charge in [0.1, 0.15) is 12.6 Å². The van der Waals surface area contributed by atoms with E-state index in [2.05, 4.69) is 5.32 Å². The summed E-state index contributed by atoms with van der Waals surface area (Å²) in [6.45, 7) is 7.28. The number of benzene rings is 3. The fourth-order valence-electron chi connectivity index (χ4n) is 3.89. The molecule has 0 aromatic heterocycles. The second kappa shape index (κ2) is 13.3. The van der Waals surface area contributed by atoms with Crippen LogP contribution in [0.25, 0.3) is 0 Å². The lowest BCUT2D eigenvalue weighted by molar-refractivity contribution is -0.139. The van der Waals surface area contributed by atoms with E-state index in [9.17, 15) is 18.0 Å². The largest absolute Gasteiger partial charge is 0.354 e. The number of nitrogens with one attached hydrogen (secondary N) is 1. The third kappa shape index (κ3) is 7.75. The number of aryl methyl sites for hydroxylation is 2. The first-order chi connectivity index (χ1) is 18.4. The summed E-state index contributed by atoms with van der Waals surface area (Å²) < 4.78 is 28.7. The van der Waals surface area contributed by atoms with Crippen molar-refractivity contribution in [3.8, 4) is 0 Å². The Labute approximate surface area is 240 Å². The average Bonchev–Trinajstić information content (AvgIpc) is 2.91. The Morgan fingerprint density at radius 3 is 2.05 bits per heavy atom. The Morgan fingerprint density at radius 1 is 0.897 bits per heavy atom. The second-order valence-corrected chi connectivity index (χ2v) is 12.1. The third-order valence-electron chi connectivity index (χ3n) is 6.26. The minimum Gasteiger partial charge on any atom is -0.354 e. The molecule has 0 bridgehead atoms. The smallest absolute Gasteiger partial charge is 0.264 e. The monoisotopic (exact) mass is 589 g/mol. The van der Waals surface area contributed by atoms with E-state index >= 15 is 0 Å². The normalized spacial score (nSPS) is 12.1. The zero-order valence-corrected chi connectivity index (χ0v) is 24.8. The number of rotatable bonds is 11. The zero-order chi connectivity index (χ0) is 28.7. The SMILES string of the molecule is CCCNC(=O)C(C)N(Cc1ccc(Cl)c(Cl)c1)C(=O)CN(c1ccc(C)cc1)S(=O)(=O)c1ccc(C)cc1. The van der Waals surface area contributed by atoms with Gasteiger partial charge in [0.15, 0.2) is 0 Å². The van der Waals surface area contributed by atoms with Crippen LogP contribution in [0.3, 0.4) is 0 Å². The predicted octanol–water partition coefficient (Wildman–Crippen LogP) is 5.75. The number of sulfonamides is 1. The molecule has 0 saturated carbocycles. The van der Waals surface area contributed by atoms with E-state index in [1.165, 1.54) is 17.0 Å². The van der Waals surface area contributed by atoms with Crippen LogP contribution in [0.5, 0.6) is 0 Å². The molecule has 208 valence electrons. The van der Waals surface area contributed by atoms with Crippen molar-refractivity contribution in [1.29, 1.82) is 0 Å². The van der Waals surface area contributed by atoms with E-state index in [0.29, 0.717) is 27.8 Å². The van der Waals surface area contributed by atoms with E-state index in [4.69, 9.17) is 23.2 Å². The van der Waals surface area contributed by atoms with Crippen molar-refractivity contribution in [2.24, 2.45) is 0 Å². The van der Waals surface area contributed by atoms with Crippen LogP contribution < -0.4 is 9.62 Å². The van der Waals surface area contributed by atoms with Crippen LogP contribution in [-0.2, 0) is 26.2 Å². The lowest BCUT2D eigenvalue weighted by Gasteiger charge is -2.32. The Morgan fingerprint density at radius 2 is 1.49 bits per heavy atom. The van der Waals surface area contributed by atoms with Gasteiger partial charge in [-0.3, -0.25) is 13.9 Å². The van der Waals surface area contributed by atoms with Gasteiger partial charge in [0.05, 0.1) is 20.6 Å². The maximum Gasteiger partial charge on any atom is 0.264 e. The number of amides is 2. The van der Waals surface area contributed by atoms with Gasteiger partial charge in [-0.05, 0) is 69.2 Å². The van der Waals surface area contributed by atoms with Crippen molar-refractivity contribution < 1.29 is 18.0 Å². The summed E-state index contributed by atoms with van der Waals surface area (Å²) in [5.41, 5.74) is 2.84. The van der Waals surface area contributed by atoms with Crippen LogP contribution in [0, 0.1) is 13.8 Å². The maximum absolute atomic E-state index is 13.9. The molecule has 0 fully saturated rings. The molecule has 39 heavy (non-hydrogen) atoms. The average molecular weight is 591 g/mol. The van der Waals surface area contributed by atoms with Gasteiger partial charge in [-0.1, -0.05) is 71.6 Å². The van der Waals surface area contributed by atoms with E-state index in [1.807, 2.05) is 20.8 Å². The highest BCUT2D eigenvalue weighted by molar-refractivity contribution is 7.92. The molecule has 0 saturated heterocycles. The number of hydrogen-bond donors (Lipinski definition) is 1. The van der Waals surface area contributed by atoms with Crippen molar-refractivity contribution in [2.45, 2.75) is 51.6 Å². The van der Waals surface area contributed by atoms with Crippen LogP contribution in [0.4, 0.5) is 5.69 Å². The van der Waals surface area contributed by atoms with Gasteiger partial charge >= 0.3 is 0 Å². The molecule has 0 spiro atoms. The van der Waals surface area contributed by atoms with Gasteiger partial charge in [0, 0.05) is 13.1 Å². The molecule has 0 aliphatic heterocycles. The first-order valence-electron chi connectivity index (χ1n) is 12.6. The molecule has 3 aromatic rings. The molecule has 0 radical (unpaired) electrons. The lowest BCUT2D eigenvalue weighted by atomic mass is 10.1. The topological polar surface area (TPSA) is 86.8 Å². The number of nitrogens with zero attached hydrogens (tertiary/aromatic N) is 2. The molecule has 1 N–H and O–H groups in total. The van der Waals surface area contributed by atoms with Gasteiger partial charge in [-0.15, -0.1) is 0 Å². The molecular formula is C29H33Cl2N3O4S.